The number of hydrogen-bond donors (Lipinski definition) is 3. The molecule has 4 rings (SSSR count). The molecule has 2 aliphatic rings. The fourth-order valence-corrected chi connectivity index (χ4v) is 4.83. The van der Waals surface area contributed by atoms with Crippen LogP contribution in [0.2, 0.25) is 0 Å². The first-order chi connectivity index (χ1) is 16.2. The largest absolute Gasteiger partial charge is 0.481 e. The van der Waals surface area contributed by atoms with E-state index in [0.29, 0.717) is 19.3 Å². The molecule has 34 heavy (non-hydrogen) atoms. The zero-order valence-electron chi connectivity index (χ0n) is 19.7. The molecule has 3 N–H and O–H groups in total. The molecule has 0 saturated heterocycles. The molecule has 7 nitrogen and oxygen atoms in total. The monoisotopic (exact) mass is 464 g/mol. The Morgan fingerprint density at radius 3 is 2.15 bits per heavy atom. The van der Waals surface area contributed by atoms with Gasteiger partial charge in [-0.2, -0.15) is 0 Å². The van der Waals surface area contributed by atoms with Crippen LogP contribution in [0.15, 0.2) is 48.5 Å². The summed E-state index contributed by atoms with van der Waals surface area (Å²) in [5.74, 6) is -1.08. The number of aliphatic carboxylic acids is 1. The fourth-order valence-electron chi connectivity index (χ4n) is 4.83. The van der Waals surface area contributed by atoms with Gasteiger partial charge in [0.2, 0.25) is 5.91 Å². The Kier molecular flexibility index (Phi) is 6.64. The van der Waals surface area contributed by atoms with Crippen molar-refractivity contribution >= 4 is 18.0 Å². The normalized spacial score (nSPS) is 16.1. The number of carbonyl (C=O) groups excluding carboxylic acids is 2. The maximum absolute atomic E-state index is 12.6. The van der Waals surface area contributed by atoms with E-state index in [4.69, 9.17) is 4.74 Å². The Balaban J connectivity index is 1.26. The number of fused-ring (bicyclic) bond motifs is 3. The molecule has 0 atom stereocenters. The van der Waals surface area contributed by atoms with E-state index >= 15 is 0 Å². The van der Waals surface area contributed by atoms with Gasteiger partial charge in [0.1, 0.15) is 6.61 Å². The average Bonchev–Trinajstić information content (AvgIpc) is 3.09. The van der Waals surface area contributed by atoms with Crippen LogP contribution in [0, 0.1) is 5.41 Å². The Hall–Kier alpha value is -3.35. The van der Waals surface area contributed by atoms with Crippen LogP contribution < -0.4 is 10.6 Å². The van der Waals surface area contributed by atoms with Gasteiger partial charge in [0.15, 0.2) is 0 Å². The number of amides is 2. The summed E-state index contributed by atoms with van der Waals surface area (Å²) in [7, 11) is 0. The Bertz CT molecular complexity index is 1040. The van der Waals surface area contributed by atoms with E-state index in [2.05, 4.69) is 34.9 Å². The molecule has 0 unspecified atom stereocenters. The van der Waals surface area contributed by atoms with Gasteiger partial charge < -0.3 is 20.5 Å². The summed E-state index contributed by atoms with van der Waals surface area (Å²) in [6.07, 6.45) is 2.13. The van der Waals surface area contributed by atoms with Crippen molar-refractivity contribution in [2.24, 2.45) is 5.41 Å². The molecule has 2 aliphatic carbocycles. The molecule has 1 fully saturated rings. The van der Waals surface area contributed by atoms with Crippen molar-refractivity contribution in [1.82, 2.24) is 10.6 Å². The van der Waals surface area contributed by atoms with E-state index in [1.165, 1.54) is 11.1 Å². The maximum Gasteiger partial charge on any atom is 0.407 e. The number of benzene rings is 2. The van der Waals surface area contributed by atoms with Crippen molar-refractivity contribution in [2.45, 2.75) is 57.4 Å². The topological polar surface area (TPSA) is 105 Å². The van der Waals surface area contributed by atoms with E-state index in [-0.39, 0.29) is 31.4 Å². The highest BCUT2D eigenvalue weighted by atomic mass is 16.5. The van der Waals surface area contributed by atoms with Gasteiger partial charge in [-0.25, -0.2) is 4.79 Å². The highest BCUT2D eigenvalue weighted by Gasteiger charge is 2.44. The van der Waals surface area contributed by atoms with Crippen LogP contribution in [0.1, 0.15) is 63.0 Å². The molecule has 2 amide bonds. The predicted molar refractivity (Wildman–Crippen MR) is 128 cm³/mol. The van der Waals surface area contributed by atoms with E-state index in [1.807, 2.05) is 38.1 Å². The van der Waals surface area contributed by atoms with Crippen molar-refractivity contribution in [1.29, 1.82) is 0 Å². The summed E-state index contributed by atoms with van der Waals surface area (Å²) in [6.45, 7) is 4.06. The lowest BCUT2D eigenvalue weighted by Crippen LogP contribution is -2.48. The second kappa shape index (κ2) is 9.49. The maximum atomic E-state index is 12.6. The first-order valence-corrected chi connectivity index (χ1v) is 11.8. The summed E-state index contributed by atoms with van der Waals surface area (Å²) in [6, 6.07) is 16.3. The van der Waals surface area contributed by atoms with Crippen LogP contribution >= 0.6 is 0 Å². The van der Waals surface area contributed by atoms with E-state index in [1.54, 1.807) is 0 Å². The Morgan fingerprint density at radius 1 is 1.03 bits per heavy atom. The molecule has 2 aromatic rings. The molecular formula is C27H32N2O5. The van der Waals surface area contributed by atoms with Crippen LogP contribution in [0.3, 0.4) is 0 Å². The summed E-state index contributed by atoms with van der Waals surface area (Å²) < 4.78 is 5.61. The first-order valence-electron chi connectivity index (χ1n) is 11.8. The number of nitrogens with one attached hydrogen (secondary N) is 2. The molecule has 0 bridgehead atoms. The third-order valence-corrected chi connectivity index (χ3v) is 7.15. The molecule has 7 heteroatoms. The second-order valence-corrected chi connectivity index (χ2v) is 10.1. The quantitative estimate of drug-likeness (QED) is 0.508. The minimum atomic E-state index is -0.851. The molecule has 180 valence electrons. The standard InChI is InChI=1S/C27H32N2O5/c1-26(2,15-12-23(30)28-17-27(24(31)32)13-7-14-27)29-25(33)34-16-22-20-10-5-3-8-18(20)19-9-4-6-11-21(19)22/h3-6,8-11,22H,7,12-17H2,1-2H3,(H,28,30)(H,29,33)(H,31,32). The minimum Gasteiger partial charge on any atom is -0.481 e. The van der Waals surface area contributed by atoms with Crippen LogP contribution in [0.4, 0.5) is 4.79 Å². The van der Waals surface area contributed by atoms with Crippen LogP contribution in [0.5, 0.6) is 0 Å². The van der Waals surface area contributed by atoms with Crippen LogP contribution in [0.25, 0.3) is 11.1 Å². The number of carboxylic acids is 1. The van der Waals surface area contributed by atoms with Crippen molar-refractivity contribution in [3.8, 4) is 11.1 Å². The molecule has 0 radical (unpaired) electrons. The Morgan fingerprint density at radius 2 is 1.62 bits per heavy atom. The summed E-state index contributed by atoms with van der Waals surface area (Å²) in [5, 5.41) is 15.0. The van der Waals surface area contributed by atoms with Gasteiger partial charge in [-0.3, -0.25) is 9.59 Å². The zero-order chi connectivity index (χ0) is 24.3. The van der Waals surface area contributed by atoms with Crippen molar-refractivity contribution in [3.05, 3.63) is 59.7 Å². The molecular weight excluding hydrogens is 432 g/mol. The molecule has 0 heterocycles. The number of carboxylic acid groups (broad SMARTS) is 1. The Labute approximate surface area is 199 Å². The number of alkyl carbamates (subject to hydrolysis) is 1. The average molecular weight is 465 g/mol. The van der Waals surface area contributed by atoms with Gasteiger partial charge in [-0.1, -0.05) is 55.0 Å². The summed E-state index contributed by atoms with van der Waals surface area (Å²) >= 11 is 0. The summed E-state index contributed by atoms with van der Waals surface area (Å²) in [5.41, 5.74) is 3.18. The van der Waals surface area contributed by atoms with Gasteiger partial charge in [0.05, 0.1) is 5.41 Å². The van der Waals surface area contributed by atoms with E-state index in [9.17, 15) is 19.5 Å². The lowest BCUT2D eigenvalue weighted by molar-refractivity contribution is -0.154. The first kappa shape index (κ1) is 23.8. The molecule has 2 aromatic carbocycles. The second-order valence-electron chi connectivity index (χ2n) is 10.1. The lowest BCUT2D eigenvalue weighted by atomic mass is 9.69. The fraction of sp³-hybridized carbons (Fsp3) is 0.444. The lowest BCUT2D eigenvalue weighted by Gasteiger charge is -2.37. The van der Waals surface area contributed by atoms with Gasteiger partial charge in [-0.05, 0) is 55.4 Å². The zero-order valence-corrected chi connectivity index (χ0v) is 19.7. The highest BCUT2D eigenvalue weighted by Crippen LogP contribution is 2.44. The SMILES string of the molecule is CC(C)(CCC(=O)NCC1(C(=O)O)CCC1)NC(=O)OCC1c2ccccc2-c2ccccc21. The van der Waals surface area contributed by atoms with Crippen molar-refractivity contribution < 1.29 is 24.2 Å². The van der Waals surface area contributed by atoms with Gasteiger partial charge in [0.25, 0.3) is 0 Å². The van der Waals surface area contributed by atoms with Crippen molar-refractivity contribution in [2.75, 3.05) is 13.2 Å². The third-order valence-electron chi connectivity index (χ3n) is 7.15. The summed E-state index contributed by atoms with van der Waals surface area (Å²) in [4.78, 5) is 36.3. The third kappa shape index (κ3) is 4.93. The van der Waals surface area contributed by atoms with Crippen LogP contribution in [-0.4, -0.2) is 41.8 Å². The number of ether oxygens (including phenoxy) is 1. The van der Waals surface area contributed by atoms with Gasteiger partial charge in [0, 0.05) is 24.4 Å². The number of hydrogen-bond acceptors (Lipinski definition) is 4. The van der Waals surface area contributed by atoms with Crippen molar-refractivity contribution in [3.63, 3.8) is 0 Å². The smallest absolute Gasteiger partial charge is 0.407 e. The van der Waals surface area contributed by atoms with Gasteiger partial charge >= 0.3 is 12.1 Å². The van der Waals surface area contributed by atoms with Crippen LogP contribution in [-0.2, 0) is 14.3 Å². The van der Waals surface area contributed by atoms with E-state index < -0.39 is 23.0 Å². The predicted octanol–water partition coefficient (Wildman–Crippen LogP) is 4.46. The molecule has 0 aliphatic heterocycles. The van der Waals surface area contributed by atoms with E-state index in [0.717, 1.165) is 17.5 Å². The molecule has 1 saturated carbocycles. The number of rotatable bonds is 9. The number of carbonyl (C=O) groups is 3. The van der Waals surface area contributed by atoms with Gasteiger partial charge in [-0.15, -0.1) is 0 Å². The molecule has 0 spiro atoms. The minimum absolute atomic E-state index is 0.0138. The molecule has 0 aromatic heterocycles. The highest BCUT2D eigenvalue weighted by molar-refractivity contribution is 5.80.